The maximum Gasteiger partial charge on any atom is 4.00 e. The molecule has 0 aliphatic rings. The summed E-state index contributed by atoms with van der Waals surface area (Å²) in [6, 6.07) is 0. The SMILES string of the molecule is [Cd+2].[Cd+2].[In+3].[In+3].[O-2].[O-2].[O-2].[O-2].[O-2].[O-2].[O-2].[O-2].[O-2].[Sn+4].[Sn+4]. The fraction of sp³-hybridized carbons (Fsp3) is 0. The van der Waals surface area contributed by atoms with E-state index in [1.807, 2.05) is 0 Å². The van der Waals surface area contributed by atoms with Crippen LogP contribution in [0.3, 0.4) is 0 Å². The Kier molecular flexibility index (Phi) is 5180. The summed E-state index contributed by atoms with van der Waals surface area (Å²) in [4.78, 5) is 0. The van der Waals surface area contributed by atoms with Crippen molar-refractivity contribution < 1.29 is 104 Å². The summed E-state index contributed by atoms with van der Waals surface area (Å²) < 4.78 is 0. The van der Waals surface area contributed by atoms with E-state index in [0.29, 0.717) is 0 Å². The van der Waals surface area contributed by atoms with Gasteiger partial charge in [-0.15, -0.1) is 0 Å². The molecule has 0 aromatic heterocycles. The second-order valence-electron chi connectivity index (χ2n) is 0. The van der Waals surface area contributed by atoms with Crippen molar-refractivity contribution in [3.63, 3.8) is 0 Å². The van der Waals surface area contributed by atoms with E-state index in [9.17, 15) is 0 Å². The van der Waals surface area contributed by atoms with Gasteiger partial charge in [0, 0.05) is 0 Å². The first-order valence-corrected chi connectivity index (χ1v) is 0. The maximum atomic E-state index is 0. The summed E-state index contributed by atoms with van der Waals surface area (Å²) in [5.41, 5.74) is 0. The van der Waals surface area contributed by atoms with E-state index in [1.54, 1.807) is 0 Å². The molecular formula is Cd2In2O9Sn2. The summed E-state index contributed by atoms with van der Waals surface area (Å²) in [6.45, 7) is 0. The number of hydrogen-bond donors (Lipinski definition) is 0. The maximum absolute atomic E-state index is 0. The van der Waals surface area contributed by atoms with Crippen LogP contribution in [0.1, 0.15) is 0 Å². The van der Waals surface area contributed by atoms with E-state index in [-0.39, 0.29) is 203 Å². The zero-order valence-electron chi connectivity index (χ0n) is 7.24. The van der Waals surface area contributed by atoms with Gasteiger partial charge in [-0.3, -0.25) is 0 Å². The Hall–Kier alpha value is 4.82. The predicted molar refractivity (Wildman–Crippen MR) is 29.2 cm³/mol. The molecule has 0 fully saturated rings. The van der Waals surface area contributed by atoms with Crippen molar-refractivity contribution >= 4 is 99.5 Å². The molecule has 0 N–H and O–H groups in total. The van der Waals surface area contributed by atoms with Crippen molar-refractivity contribution in [1.29, 1.82) is 0 Å². The van der Waals surface area contributed by atoms with Crippen LogP contribution in [0.25, 0.3) is 0 Å². The van der Waals surface area contributed by atoms with Crippen LogP contribution in [0.15, 0.2) is 0 Å². The molecule has 0 atom stereocenters. The summed E-state index contributed by atoms with van der Waals surface area (Å²) >= 11 is 0. The van der Waals surface area contributed by atoms with Crippen molar-refractivity contribution in [2.24, 2.45) is 0 Å². The Labute approximate surface area is 199 Å². The Morgan fingerprint density at radius 1 is 0.267 bits per heavy atom. The standard InChI is InChI=1S/2Cd.2In.9O.2Sn/q2*+2;2*+3;9*-2;2*+4. The Balaban J connectivity index is 0. The zero-order chi connectivity index (χ0) is 0. The quantitative estimate of drug-likeness (QED) is 0.228. The van der Waals surface area contributed by atoms with Crippen molar-refractivity contribution in [3.8, 4) is 0 Å². The number of rotatable bonds is 0. The molecule has 9 nitrogen and oxygen atoms in total. The summed E-state index contributed by atoms with van der Waals surface area (Å²) in [5, 5.41) is 0. The smallest absolute Gasteiger partial charge is 2.00 e. The van der Waals surface area contributed by atoms with Gasteiger partial charge in [0.2, 0.25) is 0 Å². The molecule has 0 aromatic rings. The largest absolute Gasteiger partial charge is 4.00 e. The monoisotopic (exact) mass is 841 g/mol. The molecule has 0 spiro atoms. The molecule has 0 radical (unpaired) electrons. The molecule has 0 saturated heterocycles. The molecular weight excluding hydrogens is 836 g/mol. The molecule has 0 unspecified atom stereocenters. The molecule has 0 amide bonds. The Morgan fingerprint density at radius 3 is 0.267 bits per heavy atom. The summed E-state index contributed by atoms with van der Waals surface area (Å²) in [7, 11) is 0. The zero-order valence-corrected chi connectivity index (χ0v) is 27.6. The fourth-order valence-electron chi connectivity index (χ4n) is 0. The third kappa shape index (κ3) is 229. The first kappa shape index (κ1) is 302. The van der Waals surface area contributed by atoms with Gasteiger partial charge in [-0.05, 0) is 0 Å². The topological polar surface area (TPSA) is 256 Å². The van der Waals surface area contributed by atoms with Crippen molar-refractivity contribution in [2.45, 2.75) is 0 Å². The minimum Gasteiger partial charge on any atom is -2.00 e. The van der Waals surface area contributed by atoms with Crippen LogP contribution in [0.2, 0.25) is 0 Å². The molecule has 0 aromatic carbocycles. The average molecular weight is 836 g/mol. The van der Waals surface area contributed by atoms with Crippen molar-refractivity contribution in [2.75, 3.05) is 0 Å². The molecule has 0 saturated carbocycles. The third-order valence-electron chi connectivity index (χ3n) is 0. The normalized spacial score (nSPS) is 0. The van der Waals surface area contributed by atoms with E-state index < -0.39 is 0 Å². The van der Waals surface area contributed by atoms with Crippen LogP contribution in [0.5, 0.6) is 0 Å². The second kappa shape index (κ2) is 257. The second-order valence-corrected chi connectivity index (χ2v) is 0. The van der Waals surface area contributed by atoms with E-state index in [4.69, 9.17) is 0 Å². The van der Waals surface area contributed by atoms with Crippen molar-refractivity contribution in [1.82, 2.24) is 0 Å². The molecule has 15 heavy (non-hydrogen) atoms. The van der Waals surface area contributed by atoms with Crippen LogP contribution in [0, 0.1) is 0 Å². The molecule has 0 aliphatic heterocycles. The van der Waals surface area contributed by atoms with Gasteiger partial charge in [0.25, 0.3) is 0 Å². The van der Waals surface area contributed by atoms with E-state index in [1.165, 1.54) is 0 Å². The Morgan fingerprint density at radius 2 is 0.267 bits per heavy atom. The average Bonchev–Trinajstić information content (AvgIpc) is 0. The summed E-state index contributed by atoms with van der Waals surface area (Å²) in [5.74, 6) is 0. The minimum atomic E-state index is 0. The van der Waals surface area contributed by atoms with Crippen LogP contribution in [0.4, 0.5) is 0 Å². The van der Waals surface area contributed by atoms with E-state index in [2.05, 4.69) is 0 Å². The molecule has 0 heterocycles. The molecule has 72 valence electrons. The van der Waals surface area contributed by atoms with Gasteiger partial charge in [0.05, 0.1) is 0 Å². The van der Waals surface area contributed by atoms with Gasteiger partial charge in [0.1, 0.15) is 0 Å². The number of hydrogen-bond acceptors (Lipinski definition) is 0. The van der Waals surface area contributed by atoms with E-state index >= 15 is 0 Å². The van der Waals surface area contributed by atoms with Gasteiger partial charge < -0.3 is 49.3 Å². The van der Waals surface area contributed by atoms with Crippen LogP contribution in [-0.2, 0) is 104 Å². The summed E-state index contributed by atoms with van der Waals surface area (Å²) in [6.07, 6.45) is 0. The Bertz CT molecular complexity index is 24.1. The molecule has 0 rings (SSSR count). The van der Waals surface area contributed by atoms with Crippen LogP contribution in [-0.4, -0.2) is 99.5 Å². The van der Waals surface area contributed by atoms with E-state index in [0.717, 1.165) is 0 Å². The first-order valence-electron chi connectivity index (χ1n) is 0. The first-order chi connectivity index (χ1) is 0. The molecule has 0 bridgehead atoms. The third-order valence-corrected chi connectivity index (χ3v) is 0. The molecule has 0 aliphatic carbocycles. The van der Waals surface area contributed by atoms with Crippen LogP contribution < -0.4 is 0 Å². The fourth-order valence-corrected chi connectivity index (χ4v) is 0. The van der Waals surface area contributed by atoms with Crippen LogP contribution >= 0.6 is 0 Å². The van der Waals surface area contributed by atoms with Gasteiger partial charge >= 0.3 is 154 Å². The van der Waals surface area contributed by atoms with Gasteiger partial charge in [-0.25, -0.2) is 0 Å². The van der Waals surface area contributed by atoms with Gasteiger partial charge in [-0.1, -0.05) is 0 Å². The predicted octanol–water partition coefficient (Wildman–Crippen LogP) is -2.60. The van der Waals surface area contributed by atoms with Gasteiger partial charge in [0.15, 0.2) is 0 Å². The molecule has 15 heteroatoms. The van der Waals surface area contributed by atoms with Crippen molar-refractivity contribution in [3.05, 3.63) is 0 Å². The van der Waals surface area contributed by atoms with Gasteiger partial charge in [-0.2, -0.15) is 0 Å². The minimum absolute atomic E-state index is 0.